The summed E-state index contributed by atoms with van der Waals surface area (Å²) in [5, 5.41) is 2.76. The van der Waals surface area contributed by atoms with Crippen LogP contribution in [0.25, 0.3) is 0 Å². The predicted molar refractivity (Wildman–Crippen MR) is 72.1 cm³/mol. The Hall–Kier alpha value is -2.44. The molecule has 0 radical (unpaired) electrons. The lowest BCUT2D eigenvalue weighted by Crippen LogP contribution is -2.06. The highest BCUT2D eigenvalue weighted by Crippen LogP contribution is 2.34. The Bertz CT molecular complexity index is 656. The van der Waals surface area contributed by atoms with Crippen LogP contribution in [0.4, 0.5) is 34.6 Å². The van der Waals surface area contributed by atoms with Gasteiger partial charge >= 0.3 is 6.18 Å². The van der Waals surface area contributed by atoms with Crippen molar-refractivity contribution in [1.29, 1.82) is 0 Å². The molecule has 2 rings (SSSR count). The van der Waals surface area contributed by atoms with E-state index in [1.54, 1.807) is 0 Å². The van der Waals surface area contributed by atoms with Gasteiger partial charge in [-0.3, -0.25) is 0 Å². The largest absolute Gasteiger partial charge is 0.494 e. The zero-order chi connectivity index (χ0) is 15.6. The monoisotopic (exact) mass is 300 g/mol. The summed E-state index contributed by atoms with van der Waals surface area (Å²) in [6.45, 7) is 0. The molecule has 2 aromatic carbocycles. The van der Waals surface area contributed by atoms with E-state index in [2.05, 4.69) is 5.32 Å². The van der Waals surface area contributed by atoms with Gasteiger partial charge in [-0.15, -0.1) is 0 Å². The molecule has 0 atom stereocenters. The fourth-order valence-electron chi connectivity index (χ4n) is 1.75. The molecule has 0 aromatic heterocycles. The van der Waals surface area contributed by atoms with Crippen molar-refractivity contribution >= 4 is 17.1 Å². The van der Waals surface area contributed by atoms with Crippen LogP contribution in [0, 0.1) is 5.82 Å². The van der Waals surface area contributed by atoms with Crippen LogP contribution in [0.5, 0.6) is 5.75 Å². The van der Waals surface area contributed by atoms with Crippen LogP contribution >= 0.6 is 0 Å². The Morgan fingerprint density at radius 3 is 2.33 bits per heavy atom. The number of hydrogen-bond acceptors (Lipinski definition) is 3. The minimum atomic E-state index is -4.46. The van der Waals surface area contributed by atoms with Gasteiger partial charge in [-0.2, -0.15) is 13.2 Å². The number of nitrogens with one attached hydrogen (secondary N) is 1. The molecule has 0 aliphatic carbocycles. The molecule has 0 heterocycles. The SMILES string of the molecule is COc1ccc(Nc2ccc(C(F)(F)F)cc2N)cc1F. The molecular weight excluding hydrogens is 288 g/mol. The molecule has 0 fully saturated rings. The molecule has 3 nitrogen and oxygen atoms in total. The molecule has 3 N–H and O–H groups in total. The van der Waals surface area contributed by atoms with Gasteiger partial charge in [-0.25, -0.2) is 4.39 Å². The van der Waals surface area contributed by atoms with Crippen LogP contribution in [0.2, 0.25) is 0 Å². The fourth-order valence-corrected chi connectivity index (χ4v) is 1.75. The molecule has 21 heavy (non-hydrogen) atoms. The summed E-state index contributed by atoms with van der Waals surface area (Å²) in [5.74, 6) is -0.520. The molecule has 0 amide bonds. The Labute approximate surface area is 118 Å². The van der Waals surface area contributed by atoms with Crippen molar-refractivity contribution in [2.75, 3.05) is 18.2 Å². The maximum atomic E-state index is 13.5. The van der Waals surface area contributed by atoms with E-state index in [0.717, 1.165) is 18.2 Å². The zero-order valence-electron chi connectivity index (χ0n) is 11.0. The van der Waals surface area contributed by atoms with E-state index in [4.69, 9.17) is 10.5 Å². The van der Waals surface area contributed by atoms with E-state index >= 15 is 0 Å². The predicted octanol–water partition coefficient (Wildman–Crippen LogP) is 4.18. The number of alkyl halides is 3. The van der Waals surface area contributed by atoms with Gasteiger partial charge in [0.2, 0.25) is 0 Å². The van der Waals surface area contributed by atoms with Gasteiger partial charge in [-0.05, 0) is 30.3 Å². The normalized spacial score (nSPS) is 11.3. The van der Waals surface area contributed by atoms with Crippen molar-refractivity contribution in [3.63, 3.8) is 0 Å². The topological polar surface area (TPSA) is 47.3 Å². The smallest absolute Gasteiger partial charge is 0.416 e. The summed E-state index contributed by atoms with van der Waals surface area (Å²) in [6.07, 6.45) is -4.46. The van der Waals surface area contributed by atoms with Crippen LogP contribution < -0.4 is 15.8 Å². The average molecular weight is 300 g/mol. The van der Waals surface area contributed by atoms with Crippen LogP contribution in [0.3, 0.4) is 0 Å². The van der Waals surface area contributed by atoms with Crippen molar-refractivity contribution in [2.45, 2.75) is 6.18 Å². The molecule has 0 saturated carbocycles. The molecule has 0 aliphatic heterocycles. The van der Waals surface area contributed by atoms with Gasteiger partial charge < -0.3 is 15.8 Å². The summed E-state index contributed by atoms with van der Waals surface area (Å²) in [4.78, 5) is 0. The fraction of sp³-hybridized carbons (Fsp3) is 0.143. The van der Waals surface area contributed by atoms with Gasteiger partial charge in [0.15, 0.2) is 11.6 Å². The first-order chi connectivity index (χ1) is 9.81. The average Bonchev–Trinajstić information content (AvgIpc) is 2.40. The maximum absolute atomic E-state index is 13.5. The second-order valence-electron chi connectivity index (χ2n) is 4.27. The number of anilines is 3. The Morgan fingerprint density at radius 1 is 1.10 bits per heavy atom. The Morgan fingerprint density at radius 2 is 1.81 bits per heavy atom. The van der Waals surface area contributed by atoms with Crippen molar-refractivity contribution in [2.24, 2.45) is 0 Å². The first-order valence-electron chi connectivity index (χ1n) is 5.88. The Balaban J connectivity index is 2.26. The second-order valence-corrected chi connectivity index (χ2v) is 4.27. The first-order valence-corrected chi connectivity index (χ1v) is 5.88. The van der Waals surface area contributed by atoms with Gasteiger partial charge in [0, 0.05) is 11.8 Å². The number of benzene rings is 2. The molecule has 0 saturated heterocycles. The number of nitrogens with two attached hydrogens (primary N) is 1. The quantitative estimate of drug-likeness (QED) is 0.660. The van der Waals surface area contributed by atoms with E-state index in [1.165, 1.54) is 25.3 Å². The summed E-state index contributed by atoms with van der Waals surface area (Å²) in [6, 6.07) is 7.01. The van der Waals surface area contributed by atoms with E-state index in [0.29, 0.717) is 5.69 Å². The standard InChI is InChI=1S/C14H12F4N2O/c1-21-13-5-3-9(7-10(13)15)20-12-4-2-8(6-11(12)19)14(16,17)18/h2-7,20H,19H2,1H3. The molecule has 0 bridgehead atoms. The minimum Gasteiger partial charge on any atom is -0.494 e. The molecule has 112 valence electrons. The summed E-state index contributed by atoms with van der Waals surface area (Å²) in [7, 11) is 1.33. The third-order valence-corrected chi connectivity index (χ3v) is 2.81. The number of ether oxygens (including phenoxy) is 1. The van der Waals surface area contributed by atoms with E-state index < -0.39 is 17.6 Å². The zero-order valence-corrected chi connectivity index (χ0v) is 11.0. The third-order valence-electron chi connectivity index (χ3n) is 2.81. The van der Waals surface area contributed by atoms with Gasteiger partial charge in [0.25, 0.3) is 0 Å². The van der Waals surface area contributed by atoms with Gasteiger partial charge in [-0.1, -0.05) is 0 Å². The van der Waals surface area contributed by atoms with Crippen LogP contribution in [-0.4, -0.2) is 7.11 Å². The van der Waals surface area contributed by atoms with Crippen LogP contribution in [0.15, 0.2) is 36.4 Å². The molecular formula is C14H12F4N2O. The van der Waals surface area contributed by atoms with E-state index in [9.17, 15) is 17.6 Å². The summed E-state index contributed by atoms with van der Waals surface area (Å²) >= 11 is 0. The van der Waals surface area contributed by atoms with Crippen molar-refractivity contribution in [1.82, 2.24) is 0 Å². The number of rotatable bonds is 3. The minimum absolute atomic E-state index is 0.0703. The molecule has 7 heteroatoms. The van der Waals surface area contributed by atoms with Crippen molar-refractivity contribution in [3.8, 4) is 5.75 Å². The van der Waals surface area contributed by atoms with Crippen LogP contribution in [-0.2, 0) is 6.18 Å². The number of nitrogen functional groups attached to an aromatic ring is 1. The highest BCUT2D eigenvalue weighted by Gasteiger charge is 2.30. The lowest BCUT2D eigenvalue weighted by Gasteiger charge is -2.13. The number of halogens is 4. The lowest BCUT2D eigenvalue weighted by atomic mass is 10.1. The lowest BCUT2D eigenvalue weighted by molar-refractivity contribution is -0.137. The van der Waals surface area contributed by atoms with Crippen molar-refractivity contribution in [3.05, 3.63) is 47.8 Å². The van der Waals surface area contributed by atoms with E-state index in [-0.39, 0.29) is 17.1 Å². The summed E-state index contributed by atoms with van der Waals surface area (Å²) in [5.41, 5.74) is 5.26. The second kappa shape index (κ2) is 5.51. The summed E-state index contributed by atoms with van der Waals surface area (Å²) < 4.78 is 55.9. The third kappa shape index (κ3) is 3.36. The Kier molecular flexibility index (Phi) is 3.93. The van der Waals surface area contributed by atoms with E-state index in [1.807, 2.05) is 0 Å². The molecule has 0 aliphatic rings. The van der Waals surface area contributed by atoms with Gasteiger partial charge in [0.05, 0.1) is 24.0 Å². The molecule has 2 aromatic rings. The number of methoxy groups -OCH3 is 1. The van der Waals surface area contributed by atoms with Crippen LogP contribution in [0.1, 0.15) is 5.56 Å². The first kappa shape index (κ1) is 15.0. The molecule has 0 spiro atoms. The maximum Gasteiger partial charge on any atom is 0.416 e. The number of hydrogen-bond donors (Lipinski definition) is 2. The highest BCUT2D eigenvalue weighted by atomic mass is 19.4. The van der Waals surface area contributed by atoms with Gasteiger partial charge in [0.1, 0.15) is 0 Å². The van der Waals surface area contributed by atoms with Crippen molar-refractivity contribution < 1.29 is 22.3 Å². The molecule has 0 unspecified atom stereocenters. The highest BCUT2D eigenvalue weighted by molar-refractivity contribution is 5.73.